The molecule has 0 spiro atoms. The van der Waals surface area contributed by atoms with Gasteiger partial charge in [0.2, 0.25) is 0 Å². The van der Waals surface area contributed by atoms with Crippen molar-refractivity contribution in [3.63, 3.8) is 0 Å². The normalized spacial score (nSPS) is 17.9. The SMILES string of the molecule is COC(=O)NC1CCN(C(=O)c2cc(S)ccc2F)C1. The topological polar surface area (TPSA) is 58.6 Å². The van der Waals surface area contributed by atoms with E-state index in [9.17, 15) is 14.0 Å². The molecule has 1 heterocycles. The van der Waals surface area contributed by atoms with E-state index in [4.69, 9.17) is 0 Å². The molecule has 0 saturated carbocycles. The van der Waals surface area contributed by atoms with E-state index in [-0.39, 0.29) is 11.6 Å². The highest BCUT2D eigenvalue weighted by Crippen LogP contribution is 2.18. The number of carbonyl (C=O) groups is 2. The summed E-state index contributed by atoms with van der Waals surface area (Å²) in [4.78, 5) is 25.4. The maximum Gasteiger partial charge on any atom is 0.407 e. The van der Waals surface area contributed by atoms with Gasteiger partial charge in [-0.3, -0.25) is 4.79 Å². The summed E-state index contributed by atoms with van der Waals surface area (Å²) in [7, 11) is 1.28. The van der Waals surface area contributed by atoms with Gasteiger partial charge < -0.3 is 15.0 Å². The van der Waals surface area contributed by atoms with Crippen molar-refractivity contribution in [3.05, 3.63) is 29.6 Å². The van der Waals surface area contributed by atoms with E-state index in [2.05, 4.69) is 22.7 Å². The molecular weight excluding hydrogens is 283 g/mol. The highest BCUT2D eigenvalue weighted by Gasteiger charge is 2.29. The minimum absolute atomic E-state index is 0.00350. The Morgan fingerprint density at radius 1 is 1.50 bits per heavy atom. The number of ether oxygens (including phenoxy) is 1. The predicted molar refractivity (Wildman–Crippen MR) is 73.5 cm³/mol. The summed E-state index contributed by atoms with van der Waals surface area (Å²) in [5.41, 5.74) is -0.00350. The summed E-state index contributed by atoms with van der Waals surface area (Å²) < 4.78 is 18.2. The van der Waals surface area contributed by atoms with Crippen LogP contribution < -0.4 is 5.32 Å². The maximum absolute atomic E-state index is 13.7. The van der Waals surface area contributed by atoms with Gasteiger partial charge in [-0.2, -0.15) is 0 Å². The zero-order chi connectivity index (χ0) is 14.7. The molecule has 1 aliphatic rings. The van der Waals surface area contributed by atoms with Crippen molar-refractivity contribution in [2.75, 3.05) is 20.2 Å². The third-order valence-corrected chi connectivity index (χ3v) is 3.44. The van der Waals surface area contributed by atoms with Gasteiger partial charge in [0, 0.05) is 18.0 Å². The summed E-state index contributed by atoms with van der Waals surface area (Å²) in [5, 5.41) is 2.63. The first-order valence-electron chi connectivity index (χ1n) is 6.13. The molecule has 0 aliphatic carbocycles. The number of alkyl carbamates (subject to hydrolysis) is 1. The molecule has 7 heteroatoms. The lowest BCUT2D eigenvalue weighted by Gasteiger charge is -2.17. The van der Waals surface area contributed by atoms with Crippen molar-refractivity contribution in [1.82, 2.24) is 10.2 Å². The van der Waals surface area contributed by atoms with Crippen LogP contribution in [0.15, 0.2) is 23.1 Å². The lowest BCUT2D eigenvalue weighted by Crippen LogP contribution is -2.38. The second-order valence-corrected chi connectivity index (χ2v) is 5.05. The van der Waals surface area contributed by atoms with E-state index in [1.54, 1.807) is 0 Å². The number of likely N-dealkylation sites (tertiary alicyclic amines) is 1. The zero-order valence-electron chi connectivity index (χ0n) is 10.9. The van der Waals surface area contributed by atoms with Crippen LogP contribution >= 0.6 is 12.6 Å². The second kappa shape index (κ2) is 6.13. The molecular formula is C13H15FN2O3S. The summed E-state index contributed by atoms with van der Waals surface area (Å²) >= 11 is 4.10. The van der Waals surface area contributed by atoms with Crippen LogP contribution in [-0.4, -0.2) is 43.1 Å². The molecule has 2 rings (SSSR count). The van der Waals surface area contributed by atoms with E-state index < -0.39 is 17.8 Å². The third kappa shape index (κ3) is 3.22. The second-order valence-electron chi connectivity index (χ2n) is 4.54. The quantitative estimate of drug-likeness (QED) is 0.817. The minimum Gasteiger partial charge on any atom is -0.453 e. The molecule has 1 atom stereocenters. The molecule has 108 valence electrons. The smallest absolute Gasteiger partial charge is 0.407 e. The minimum atomic E-state index is -0.572. The molecule has 1 unspecified atom stereocenters. The van der Waals surface area contributed by atoms with Crippen LogP contribution in [0.5, 0.6) is 0 Å². The average molecular weight is 298 g/mol. The number of rotatable bonds is 2. The van der Waals surface area contributed by atoms with Crippen LogP contribution in [0.3, 0.4) is 0 Å². The van der Waals surface area contributed by atoms with Crippen LogP contribution in [0.25, 0.3) is 0 Å². The monoisotopic (exact) mass is 298 g/mol. The molecule has 2 amide bonds. The van der Waals surface area contributed by atoms with Crippen LogP contribution in [0, 0.1) is 5.82 Å². The van der Waals surface area contributed by atoms with Crippen molar-refractivity contribution < 1.29 is 18.7 Å². The van der Waals surface area contributed by atoms with E-state index in [1.165, 1.54) is 30.2 Å². The molecule has 1 N–H and O–H groups in total. The van der Waals surface area contributed by atoms with Crippen molar-refractivity contribution in [3.8, 4) is 0 Å². The van der Waals surface area contributed by atoms with Crippen molar-refractivity contribution in [2.24, 2.45) is 0 Å². The Kier molecular flexibility index (Phi) is 4.49. The number of benzene rings is 1. The Bertz CT molecular complexity index is 538. The molecule has 0 bridgehead atoms. The van der Waals surface area contributed by atoms with Gasteiger partial charge in [-0.15, -0.1) is 12.6 Å². The van der Waals surface area contributed by atoms with Crippen molar-refractivity contribution >= 4 is 24.6 Å². The van der Waals surface area contributed by atoms with E-state index in [1.807, 2.05) is 0 Å². The van der Waals surface area contributed by atoms with Gasteiger partial charge in [0.25, 0.3) is 5.91 Å². The number of methoxy groups -OCH3 is 1. The fourth-order valence-electron chi connectivity index (χ4n) is 2.14. The molecule has 5 nitrogen and oxygen atoms in total. The standard InChI is InChI=1S/C13H15FN2O3S/c1-19-13(18)15-8-4-5-16(7-8)12(17)10-6-9(20)2-3-11(10)14/h2-3,6,8,20H,4-5,7H2,1H3,(H,15,18). The Morgan fingerprint density at radius 2 is 2.25 bits per heavy atom. The number of nitrogens with zero attached hydrogens (tertiary/aromatic N) is 1. The Labute approximate surface area is 121 Å². The summed E-state index contributed by atoms with van der Waals surface area (Å²) in [6.07, 6.45) is 0.0797. The molecule has 0 radical (unpaired) electrons. The first-order chi connectivity index (χ1) is 9.51. The van der Waals surface area contributed by atoms with Gasteiger partial charge in [-0.05, 0) is 24.6 Å². The molecule has 20 heavy (non-hydrogen) atoms. The summed E-state index contributed by atoms with van der Waals surface area (Å²) in [6, 6.07) is 3.94. The molecule has 1 saturated heterocycles. The van der Waals surface area contributed by atoms with Crippen LogP contribution in [0.2, 0.25) is 0 Å². The molecule has 0 aromatic heterocycles. The van der Waals surface area contributed by atoms with Gasteiger partial charge >= 0.3 is 6.09 Å². The fraction of sp³-hybridized carbons (Fsp3) is 0.385. The molecule has 1 fully saturated rings. The number of hydrogen-bond donors (Lipinski definition) is 2. The number of carbonyl (C=O) groups excluding carboxylic acids is 2. The van der Waals surface area contributed by atoms with Gasteiger partial charge in [-0.25, -0.2) is 9.18 Å². The predicted octanol–water partition coefficient (Wildman–Crippen LogP) is 1.68. The number of nitrogens with one attached hydrogen (secondary N) is 1. The molecule has 1 aliphatic heterocycles. The van der Waals surface area contributed by atoms with Crippen molar-refractivity contribution in [2.45, 2.75) is 17.4 Å². The van der Waals surface area contributed by atoms with Crippen LogP contribution in [0.1, 0.15) is 16.8 Å². The van der Waals surface area contributed by atoms with Crippen LogP contribution in [-0.2, 0) is 4.74 Å². The average Bonchev–Trinajstić information content (AvgIpc) is 2.89. The number of hydrogen-bond acceptors (Lipinski definition) is 4. The fourth-order valence-corrected chi connectivity index (χ4v) is 2.34. The Morgan fingerprint density at radius 3 is 2.95 bits per heavy atom. The zero-order valence-corrected chi connectivity index (χ0v) is 11.8. The largest absolute Gasteiger partial charge is 0.453 e. The Hall–Kier alpha value is -1.76. The van der Waals surface area contributed by atoms with E-state index >= 15 is 0 Å². The highest BCUT2D eigenvalue weighted by molar-refractivity contribution is 7.80. The first-order valence-corrected chi connectivity index (χ1v) is 6.58. The molecule has 1 aromatic rings. The number of thiol groups is 1. The van der Waals surface area contributed by atoms with E-state index in [0.717, 1.165) is 0 Å². The highest BCUT2D eigenvalue weighted by atomic mass is 32.1. The molecule has 1 aromatic carbocycles. The lowest BCUT2D eigenvalue weighted by molar-refractivity contribution is 0.0783. The van der Waals surface area contributed by atoms with Crippen LogP contribution in [0.4, 0.5) is 9.18 Å². The van der Waals surface area contributed by atoms with E-state index in [0.29, 0.717) is 24.4 Å². The third-order valence-electron chi connectivity index (χ3n) is 3.16. The Balaban J connectivity index is 2.04. The van der Waals surface area contributed by atoms with Gasteiger partial charge in [0.15, 0.2) is 0 Å². The van der Waals surface area contributed by atoms with Gasteiger partial charge in [0.05, 0.1) is 18.7 Å². The first kappa shape index (κ1) is 14.6. The maximum atomic E-state index is 13.7. The van der Waals surface area contributed by atoms with Gasteiger partial charge in [0.1, 0.15) is 5.82 Å². The number of amides is 2. The summed E-state index contributed by atoms with van der Waals surface area (Å²) in [6.45, 7) is 0.800. The van der Waals surface area contributed by atoms with Crippen molar-refractivity contribution in [1.29, 1.82) is 0 Å². The lowest BCUT2D eigenvalue weighted by atomic mass is 10.2. The van der Waals surface area contributed by atoms with Gasteiger partial charge in [-0.1, -0.05) is 0 Å². The number of halogens is 1. The summed E-state index contributed by atoms with van der Waals surface area (Å²) in [5.74, 6) is -0.968.